The van der Waals surface area contributed by atoms with Crippen molar-refractivity contribution in [3.05, 3.63) is 95.1 Å². The molecule has 0 atom stereocenters. The molecule has 0 aliphatic carbocycles. The van der Waals surface area contributed by atoms with E-state index in [-0.39, 0.29) is 0 Å². The largest absolute Gasteiger partial charge is 0.494 e. The molecule has 0 spiro atoms. The van der Waals surface area contributed by atoms with Gasteiger partial charge in [0.1, 0.15) is 23.0 Å². The van der Waals surface area contributed by atoms with E-state index in [1.165, 1.54) is 20.7 Å². The van der Waals surface area contributed by atoms with Crippen molar-refractivity contribution in [2.75, 3.05) is 26.4 Å². The number of ether oxygens (including phenoxy) is 4. The maximum absolute atomic E-state index is 7.63. The lowest BCUT2D eigenvalue weighted by molar-refractivity contribution is 0.338. The van der Waals surface area contributed by atoms with Crippen LogP contribution in [-0.4, -0.2) is 44.5 Å². The van der Waals surface area contributed by atoms with E-state index in [4.69, 9.17) is 23.1 Å². The van der Waals surface area contributed by atoms with Crippen molar-refractivity contribution in [3.8, 4) is 23.0 Å². The molecule has 0 aliphatic heterocycles. The van der Waals surface area contributed by atoms with Crippen LogP contribution in [0.25, 0.3) is 0 Å². The van der Waals surface area contributed by atoms with Crippen molar-refractivity contribution in [2.24, 2.45) is 0 Å². The topological polar surface area (TPSA) is 46.2 Å². The molecule has 43 heavy (non-hydrogen) atoms. The summed E-state index contributed by atoms with van der Waals surface area (Å²) >= 11 is 0. The van der Waals surface area contributed by atoms with Gasteiger partial charge in [-0.3, -0.25) is 0 Å². The summed E-state index contributed by atoms with van der Waals surface area (Å²) in [6.07, 6.45) is 0. The van der Waals surface area contributed by atoms with E-state index >= 15 is 0 Å². The van der Waals surface area contributed by atoms with E-state index < -0.39 is 18.1 Å². The third-order valence-corrected chi connectivity index (χ3v) is 13.3. The third kappa shape index (κ3) is 7.17. The zero-order valence-electron chi connectivity index (χ0n) is 26.8. The second-order valence-corrected chi connectivity index (χ2v) is 14.5. The summed E-state index contributed by atoms with van der Waals surface area (Å²) in [6, 6.07) is 25.3. The molecule has 5 nitrogen and oxygen atoms in total. The molecule has 0 amide bonds. The first kappa shape index (κ1) is 32.4. The van der Waals surface area contributed by atoms with Crippen molar-refractivity contribution in [3.63, 3.8) is 0 Å². The van der Waals surface area contributed by atoms with Gasteiger partial charge in [-0.1, -0.05) is 48.5 Å². The van der Waals surface area contributed by atoms with Gasteiger partial charge in [-0.05, 0) is 123 Å². The van der Waals surface area contributed by atoms with E-state index in [0.29, 0.717) is 26.4 Å². The van der Waals surface area contributed by atoms with Gasteiger partial charge in [0.15, 0.2) is 0 Å². The summed E-state index contributed by atoms with van der Waals surface area (Å²) < 4.78 is 31.9. The average molecular weight is 613 g/mol. The van der Waals surface area contributed by atoms with Gasteiger partial charge < -0.3 is 23.1 Å². The molecule has 2 radical (unpaired) electrons. The summed E-state index contributed by atoms with van der Waals surface area (Å²) in [5.41, 5.74) is 4.45. The Morgan fingerprint density at radius 3 is 0.837 bits per heavy atom. The summed E-state index contributed by atoms with van der Waals surface area (Å²) in [5, 5.41) is 4.69. The highest BCUT2D eigenvalue weighted by molar-refractivity contribution is 6.92. The molecular weight excluding hydrogens is 569 g/mol. The Morgan fingerprint density at radius 2 is 0.628 bits per heavy atom. The standard InChI is InChI=1S/C36H44O5Si2/c1-9-37-29-17-13-21-33(25(29)5)42(34-22-14-18-30(26(34)6)38-10-2)41-43(35-23-15-19-31(27(35)7)39-11-3)36-24-16-20-32(28(36)8)40-12-4/h13-24H,9-12H2,1-8H3. The summed E-state index contributed by atoms with van der Waals surface area (Å²) in [7, 11) is -3.62. The molecule has 0 fully saturated rings. The van der Waals surface area contributed by atoms with Crippen molar-refractivity contribution in [2.45, 2.75) is 55.4 Å². The molecule has 7 heteroatoms. The first-order chi connectivity index (χ1) is 20.9. The Balaban J connectivity index is 1.99. The van der Waals surface area contributed by atoms with Gasteiger partial charge in [0.05, 0.1) is 26.4 Å². The molecule has 0 unspecified atom stereocenters. The van der Waals surface area contributed by atoms with Crippen molar-refractivity contribution < 1.29 is 23.1 Å². The first-order valence-electron chi connectivity index (χ1n) is 15.2. The zero-order valence-corrected chi connectivity index (χ0v) is 28.8. The monoisotopic (exact) mass is 612 g/mol. The molecule has 0 saturated carbocycles. The number of benzene rings is 4. The molecular formula is C36H44O5Si2. The molecule has 0 heterocycles. The highest BCUT2D eigenvalue weighted by Crippen LogP contribution is 2.22. The maximum Gasteiger partial charge on any atom is 0.273 e. The van der Waals surface area contributed by atoms with E-state index in [1.54, 1.807) is 0 Å². The zero-order chi connectivity index (χ0) is 30.9. The molecule has 0 N–H and O–H groups in total. The Hall–Kier alpha value is -3.53. The van der Waals surface area contributed by atoms with Crippen LogP contribution in [-0.2, 0) is 4.12 Å². The van der Waals surface area contributed by atoms with Gasteiger partial charge in [0, 0.05) is 0 Å². The predicted octanol–water partition coefficient (Wildman–Crippen LogP) is 5.44. The van der Waals surface area contributed by atoms with Crippen LogP contribution < -0.4 is 39.7 Å². The minimum atomic E-state index is -1.81. The average Bonchev–Trinajstić information content (AvgIpc) is 3.00. The van der Waals surface area contributed by atoms with Crippen LogP contribution in [0.2, 0.25) is 0 Å². The van der Waals surface area contributed by atoms with Crippen LogP contribution in [0.15, 0.2) is 72.8 Å². The molecule has 4 aromatic carbocycles. The van der Waals surface area contributed by atoms with E-state index in [0.717, 1.165) is 45.3 Å². The minimum Gasteiger partial charge on any atom is -0.494 e. The second-order valence-electron chi connectivity index (χ2n) is 10.2. The van der Waals surface area contributed by atoms with Crippen molar-refractivity contribution >= 4 is 38.8 Å². The van der Waals surface area contributed by atoms with E-state index in [2.05, 4.69) is 76.2 Å². The van der Waals surface area contributed by atoms with Crippen LogP contribution in [0, 0.1) is 27.7 Å². The number of hydrogen-bond acceptors (Lipinski definition) is 5. The van der Waals surface area contributed by atoms with Gasteiger partial charge in [-0.15, -0.1) is 0 Å². The predicted molar refractivity (Wildman–Crippen MR) is 181 cm³/mol. The lowest BCUT2D eigenvalue weighted by atomic mass is 10.2. The van der Waals surface area contributed by atoms with Crippen LogP contribution in [0.5, 0.6) is 23.0 Å². The Kier molecular flexibility index (Phi) is 11.5. The molecule has 0 bridgehead atoms. The highest BCUT2D eigenvalue weighted by atomic mass is 28.4. The van der Waals surface area contributed by atoms with Gasteiger partial charge in [0.2, 0.25) is 0 Å². The molecule has 4 rings (SSSR count). The second kappa shape index (κ2) is 15.3. The third-order valence-electron chi connectivity index (χ3n) is 7.52. The Labute approximate surface area is 261 Å². The molecule has 226 valence electrons. The fourth-order valence-electron chi connectivity index (χ4n) is 5.30. The van der Waals surface area contributed by atoms with Crippen molar-refractivity contribution in [1.29, 1.82) is 0 Å². The molecule has 0 aliphatic rings. The molecule has 4 aromatic rings. The summed E-state index contributed by atoms with van der Waals surface area (Å²) in [5.74, 6) is 3.56. The summed E-state index contributed by atoms with van der Waals surface area (Å²) in [4.78, 5) is 0. The quantitative estimate of drug-likeness (QED) is 0.178. The Bertz CT molecular complexity index is 1300. The first-order valence-corrected chi connectivity index (χ1v) is 18.0. The van der Waals surface area contributed by atoms with E-state index in [1.807, 2.05) is 52.0 Å². The highest BCUT2D eigenvalue weighted by Gasteiger charge is 2.34. The van der Waals surface area contributed by atoms with Crippen molar-refractivity contribution in [1.82, 2.24) is 0 Å². The Morgan fingerprint density at radius 1 is 0.395 bits per heavy atom. The lowest BCUT2D eigenvalue weighted by Crippen LogP contribution is -2.58. The van der Waals surface area contributed by atoms with Crippen LogP contribution >= 0.6 is 0 Å². The molecule has 0 aromatic heterocycles. The van der Waals surface area contributed by atoms with Gasteiger partial charge in [-0.25, -0.2) is 0 Å². The molecule has 0 saturated heterocycles. The minimum absolute atomic E-state index is 0.605. The van der Waals surface area contributed by atoms with Crippen LogP contribution in [0.4, 0.5) is 0 Å². The van der Waals surface area contributed by atoms with Gasteiger partial charge >= 0.3 is 0 Å². The normalized spacial score (nSPS) is 11.2. The fourth-order valence-corrected chi connectivity index (χ4v) is 11.3. The van der Waals surface area contributed by atoms with Crippen LogP contribution in [0.1, 0.15) is 49.9 Å². The fraction of sp³-hybridized carbons (Fsp3) is 0.333. The smallest absolute Gasteiger partial charge is 0.273 e. The lowest BCUT2D eigenvalue weighted by Gasteiger charge is -2.29. The number of rotatable bonds is 14. The summed E-state index contributed by atoms with van der Waals surface area (Å²) in [6.45, 7) is 19.1. The van der Waals surface area contributed by atoms with Gasteiger partial charge in [-0.2, -0.15) is 0 Å². The van der Waals surface area contributed by atoms with Crippen LogP contribution in [0.3, 0.4) is 0 Å². The number of hydrogen-bond donors (Lipinski definition) is 0. The maximum atomic E-state index is 7.63. The van der Waals surface area contributed by atoms with Gasteiger partial charge in [0.25, 0.3) is 18.1 Å². The van der Waals surface area contributed by atoms with E-state index in [9.17, 15) is 0 Å². The SMILES string of the molecule is CCOc1cccc([Si](O[Si](c2cccc(OCC)c2C)c2cccc(OCC)c2C)c2cccc(OCC)c2C)c1C.